The first-order chi connectivity index (χ1) is 16.6. The number of carbonyl (C=O) groups is 3. The number of aryl methyl sites for hydroxylation is 1. The van der Waals surface area contributed by atoms with Crippen LogP contribution in [0.25, 0.3) is 11.6 Å². The van der Waals surface area contributed by atoms with Gasteiger partial charge in [0.15, 0.2) is 0 Å². The van der Waals surface area contributed by atoms with Crippen molar-refractivity contribution in [2.24, 2.45) is 0 Å². The monoisotopic (exact) mass is 484 g/mol. The van der Waals surface area contributed by atoms with Crippen molar-refractivity contribution in [2.75, 3.05) is 38.2 Å². The van der Waals surface area contributed by atoms with Gasteiger partial charge in [-0.3, -0.25) is 9.59 Å². The first kappa shape index (κ1) is 25.8. The minimum Gasteiger partial charge on any atom is -0.396 e. The number of anilines is 2. The second kappa shape index (κ2) is 10.2. The second-order valence-corrected chi connectivity index (χ2v) is 8.68. The summed E-state index contributed by atoms with van der Waals surface area (Å²) in [5, 5.41) is 5.70. The zero-order chi connectivity index (χ0) is 26.0. The summed E-state index contributed by atoms with van der Waals surface area (Å²) < 4.78 is 14.0. The first-order valence-electron chi connectivity index (χ1n) is 11.7. The van der Waals surface area contributed by atoms with Gasteiger partial charge in [0.25, 0.3) is 11.8 Å². The van der Waals surface area contributed by atoms with E-state index in [-0.39, 0.29) is 35.1 Å². The molecule has 2 aliphatic heterocycles. The SMILES string of the molecule is CC.Cc1[nH]c(/C=C2\C(=O)Nc3cc(N)c(F)cc32)c(C)c1C(=O)NC1CCN(C(=O)N(C)C)C1. The van der Waals surface area contributed by atoms with E-state index in [1.807, 2.05) is 13.8 Å². The lowest BCUT2D eigenvalue weighted by Gasteiger charge is -2.21. The molecule has 0 aliphatic carbocycles. The highest BCUT2D eigenvalue weighted by molar-refractivity contribution is 6.35. The fourth-order valence-corrected chi connectivity index (χ4v) is 4.37. The number of carbonyl (C=O) groups excluding carboxylic acids is 3. The van der Waals surface area contributed by atoms with Crippen LogP contribution in [0, 0.1) is 19.7 Å². The largest absolute Gasteiger partial charge is 0.396 e. The quantitative estimate of drug-likeness (QED) is 0.394. The average Bonchev–Trinajstić information content (AvgIpc) is 3.46. The number of nitrogens with one attached hydrogen (secondary N) is 3. The number of amides is 4. The number of likely N-dealkylation sites (tertiary alicyclic amines) is 1. The molecule has 4 rings (SSSR count). The van der Waals surface area contributed by atoms with E-state index in [2.05, 4.69) is 15.6 Å². The number of fused-ring (bicyclic) bond motifs is 1. The van der Waals surface area contributed by atoms with Crippen molar-refractivity contribution in [2.45, 2.75) is 40.2 Å². The van der Waals surface area contributed by atoms with Crippen molar-refractivity contribution in [3.8, 4) is 0 Å². The van der Waals surface area contributed by atoms with Crippen molar-refractivity contribution < 1.29 is 18.8 Å². The molecule has 35 heavy (non-hydrogen) atoms. The van der Waals surface area contributed by atoms with Gasteiger partial charge in [0, 0.05) is 50.2 Å². The fraction of sp³-hybridized carbons (Fsp3) is 0.400. The van der Waals surface area contributed by atoms with Crippen LogP contribution in [0.2, 0.25) is 0 Å². The Hall–Kier alpha value is -3.82. The van der Waals surface area contributed by atoms with Crippen molar-refractivity contribution in [3.63, 3.8) is 0 Å². The Bertz CT molecular complexity index is 1200. The summed E-state index contributed by atoms with van der Waals surface area (Å²) >= 11 is 0. The molecule has 0 saturated carbocycles. The maximum absolute atomic E-state index is 14.0. The molecule has 9 nitrogen and oxygen atoms in total. The Morgan fingerprint density at radius 3 is 2.60 bits per heavy atom. The van der Waals surface area contributed by atoms with E-state index < -0.39 is 5.82 Å². The number of aromatic nitrogens is 1. The second-order valence-electron chi connectivity index (χ2n) is 8.68. The molecule has 1 aromatic heterocycles. The van der Waals surface area contributed by atoms with Gasteiger partial charge in [0.05, 0.1) is 22.5 Å². The molecule has 1 fully saturated rings. The number of nitrogen functional groups attached to an aromatic ring is 1. The van der Waals surface area contributed by atoms with E-state index in [0.29, 0.717) is 53.3 Å². The van der Waals surface area contributed by atoms with Crippen LogP contribution in [0.15, 0.2) is 12.1 Å². The van der Waals surface area contributed by atoms with Crippen LogP contribution in [0.3, 0.4) is 0 Å². The number of aromatic amines is 1. The summed E-state index contributed by atoms with van der Waals surface area (Å²) in [4.78, 5) is 44.1. The maximum Gasteiger partial charge on any atom is 0.319 e. The number of nitrogens with two attached hydrogens (primary N) is 1. The number of H-pyrrole nitrogens is 1. The van der Waals surface area contributed by atoms with E-state index in [4.69, 9.17) is 5.73 Å². The van der Waals surface area contributed by atoms with Gasteiger partial charge in [-0.15, -0.1) is 0 Å². The van der Waals surface area contributed by atoms with Crippen LogP contribution in [0.1, 0.15) is 53.1 Å². The van der Waals surface area contributed by atoms with Crippen molar-refractivity contribution in [3.05, 3.63) is 46.0 Å². The smallest absolute Gasteiger partial charge is 0.319 e. The van der Waals surface area contributed by atoms with E-state index in [9.17, 15) is 18.8 Å². The predicted octanol–water partition coefficient (Wildman–Crippen LogP) is 3.36. The minimum absolute atomic E-state index is 0.0427. The van der Waals surface area contributed by atoms with Gasteiger partial charge in [-0.2, -0.15) is 0 Å². The summed E-state index contributed by atoms with van der Waals surface area (Å²) in [5.41, 5.74) is 9.11. The lowest BCUT2D eigenvalue weighted by atomic mass is 10.0. The highest BCUT2D eigenvalue weighted by Gasteiger charge is 2.30. The van der Waals surface area contributed by atoms with Crippen molar-refractivity contribution in [1.82, 2.24) is 20.1 Å². The summed E-state index contributed by atoms with van der Waals surface area (Å²) in [6.45, 7) is 8.61. The molecule has 2 aromatic rings. The van der Waals surface area contributed by atoms with Gasteiger partial charge in [-0.1, -0.05) is 13.8 Å². The Balaban J connectivity index is 0.00000167. The number of hydrogen-bond acceptors (Lipinski definition) is 4. The molecule has 2 aliphatic rings. The Morgan fingerprint density at radius 1 is 1.26 bits per heavy atom. The molecule has 1 aromatic carbocycles. The van der Waals surface area contributed by atoms with Gasteiger partial charge in [-0.25, -0.2) is 9.18 Å². The molecular weight excluding hydrogens is 451 g/mol. The Labute approximate surface area is 204 Å². The first-order valence-corrected chi connectivity index (χ1v) is 11.7. The maximum atomic E-state index is 14.0. The van der Waals surface area contributed by atoms with Gasteiger partial charge in [0.2, 0.25) is 0 Å². The molecule has 0 radical (unpaired) electrons. The molecule has 3 heterocycles. The highest BCUT2D eigenvalue weighted by Crippen LogP contribution is 2.36. The van der Waals surface area contributed by atoms with Gasteiger partial charge >= 0.3 is 6.03 Å². The number of nitrogens with zero attached hydrogens (tertiary/aromatic N) is 2. The van der Waals surface area contributed by atoms with Crippen molar-refractivity contribution in [1.29, 1.82) is 0 Å². The van der Waals surface area contributed by atoms with Gasteiger partial charge in [-0.05, 0) is 44.0 Å². The lowest BCUT2D eigenvalue weighted by molar-refractivity contribution is -0.110. The van der Waals surface area contributed by atoms with Gasteiger partial charge in [0.1, 0.15) is 5.82 Å². The average molecular weight is 485 g/mol. The van der Waals surface area contributed by atoms with Crippen molar-refractivity contribution >= 4 is 40.9 Å². The highest BCUT2D eigenvalue weighted by atomic mass is 19.1. The molecule has 1 atom stereocenters. The molecule has 0 bridgehead atoms. The summed E-state index contributed by atoms with van der Waals surface area (Å²) in [6.07, 6.45) is 2.29. The normalized spacial score (nSPS) is 17.6. The van der Waals surface area contributed by atoms with Crippen LogP contribution >= 0.6 is 0 Å². The summed E-state index contributed by atoms with van der Waals surface area (Å²) in [7, 11) is 3.40. The minimum atomic E-state index is -0.603. The third-order valence-corrected chi connectivity index (χ3v) is 6.09. The number of halogens is 1. The van der Waals surface area contributed by atoms with Crippen LogP contribution < -0.4 is 16.4 Å². The van der Waals surface area contributed by atoms with Crippen LogP contribution in [-0.2, 0) is 4.79 Å². The predicted molar refractivity (Wildman–Crippen MR) is 135 cm³/mol. The van der Waals surface area contributed by atoms with Crippen LogP contribution in [0.5, 0.6) is 0 Å². The number of urea groups is 1. The molecule has 1 saturated heterocycles. The number of benzene rings is 1. The Kier molecular flexibility index (Phi) is 7.52. The standard InChI is InChI=1S/C23H27FN6O3.C2H6/c1-11-18(8-15-14-7-16(24)17(25)9-19(14)28-21(15)31)26-12(2)20(11)22(32)27-13-5-6-30(10-13)23(33)29(3)4;1-2/h7-9,13,26H,5-6,10,25H2,1-4H3,(H,27,32)(H,28,31);1-2H3/b15-8-;. The third kappa shape index (κ3) is 5.01. The number of hydrogen-bond donors (Lipinski definition) is 4. The summed E-state index contributed by atoms with van der Waals surface area (Å²) in [5.74, 6) is -1.22. The topological polar surface area (TPSA) is 124 Å². The third-order valence-electron chi connectivity index (χ3n) is 6.09. The lowest BCUT2D eigenvalue weighted by Crippen LogP contribution is -2.41. The number of rotatable bonds is 3. The molecule has 1 unspecified atom stereocenters. The van der Waals surface area contributed by atoms with E-state index in [1.54, 1.807) is 38.9 Å². The zero-order valence-corrected chi connectivity index (χ0v) is 21.0. The molecule has 10 heteroatoms. The molecule has 188 valence electrons. The van der Waals surface area contributed by atoms with E-state index in [1.165, 1.54) is 17.0 Å². The van der Waals surface area contributed by atoms with E-state index >= 15 is 0 Å². The molecule has 0 spiro atoms. The fourth-order valence-electron chi connectivity index (χ4n) is 4.37. The van der Waals surface area contributed by atoms with Gasteiger partial charge < -0.3 is 31.2 Å². The molecular formula is C25H33FN6O3. The zero-order valence-electron chi connectivity index (χ0n) is 21.0. The molecule has 5 N–H and O–H groups in total. The molecule has 4 amide bonds. The Morgan fingerprint density at radius 2 is 1.94 bits per heavy atom. The summed E-state index contributed by atoms with van der Waals surface area (Å²) in [6, 6.07) is 2.40. The van der Waals surface area contributed by atoms with Crippen LogP contribution in [0.4, 0.5) is 20.6 Å². The van der Waals surface area contributed by atoms with E-state index in [0.717, 1.165) is 0 Å². The van der Waals surface area contributed by atoms with Crippen LogP contribution in [-0.4, -0.2) is 65.9 Å².